The molecular formula is C28H28N2O2. The quantitative estimate of drug-likeness (QED) is 0.519. The van der Waals surface area contributed by atoms with Gasteiger partial charge in [0, 0.05) is 12.1 Å². The molecule has 5 rings (SSSR count). The van der Waals surface area contributed by atoms with Gasteiger partial charge in [-0.25, -0.2) is 0 Å². The van der Waals surface area contributed by atoms with Crippen LogP contribution in [0, 0.1) is 11.3 Å². The molecular weight excluding hydrogens is 396 g/mol. The van der Waals surface area contributed by atoms with E-state index in [2.05, 4.69) is 43.4 Å². The molecule has 1 fully saturated rings. The second kappa shape index (κ2) is 8.27. The van der Waals surface area contributed by atoms with Crippen LogP contribution in [0.1, 0.15) is 43.9 Å². The van der Waals surface area contributed by atoms with Gasteiger partial charge in [0.05, 0.1) is 23.3 Å². The molecule has 162 valence electrons. The van der Waals surface area contributed by atoms with Gasteiger partial charge in [0.2, 0.25) is 0 Å². The highest BCUT2D eigenvalue weighted by molar-refractivity contribution is 6.10. The van der Waals surface area contributed by atoms with Crippen LogP contribution in [0.5, 0.6) is 5.75 Å². The smallest absolute Gasteiger partial charge is 0.144 e. The number of Topliss-reactive ketones (excluding diaryl/α,β-unsaturated/α-hetero) is 1. The molecule has 0 amide bonds. The maximum absolute atomic E-state index is 13.3. The van der Waals surface area contributed by atoms with Crippen LogP contribution in [-0.4, -0.2) is 11.5 Å². The van der Waals surface area contributed by atoms with E-state index in [0.29, 0.717) is 13.0 Å². The second-order valence-corrected chi connectivity index (χ2v) is 9.55. The van der Waals surface area contributed by atoms with Gasteiger partial charge in [-0.05, 0) is 47.2 Å². The van der Waals surface area contributed by atoms with E-state index in [-0.39, 0.29) is 23.2 Å². The van der Waals surface area contributed by atoms with Crippen molar-refractivity contribution in [3.63, 3.8) is 0 Å². The third-order valence-electron chi connectivity index (χ3n) is 6.32. The Kier molecular flexibility index (Phi) is 5.30. The van der Waals surface area contributed by atoms with Crippen LogP contribution < -0.4 is 10.1 Å². The summed E-state index contributed by atoms with van der Waals surface area (Å²) >= 11 is 0. The first kappa shape index (κ1) is 20.5. The van der Waals surface area contributed by atoms with Gasteiger partial charge in [0.1, 0.15) is 18.1 Å². The Morgan fingerprint density at radius 3 is 2.44 bits per heavy atom. The predicted molar refractivity (Wildman–Crippen MR) is 129 cm³/mol. The Morgan fingerprint density at radius 2 is 1.66 bits per heavy atom. The molecule has 1 unspecified atom stereocenters. The number of anilines is 1. The highest BCUT2D eigenvalue weighted by atomic mass is 16.5. The second-order valence-electron chi connectivity index (χ2n) is 9.55. The van der Waals surface area contributed by atoms with Crippen molar-refractivity contribution in [3.05, 3.63) is 90.0 Å². The molecule has 0 saturated heterocycles. The summed E-state index contributed by atoms with van der Waals surface area (Å²) in [6.07, 6.45) is 1.40. The fraction of sp³-hybridized carbons (Fsp3) is 0.286. The fourth-order valence-electron chi connectivity index (χ4n) is 4.80. The summed E-state index contributed by atoms with van der Waals surface area (Å²) in [5, 5.41) is 3.63. The van der Waals surface area contributed by atoms with Gasteiger partial charge in [-0.3, -0.25) is 9.79 Å². The third kappa shape index (κ3) is 4.18. The van der Waals surface area contributed by atoms with E-state index >= 15 is 0 Å². The van der Waals surface area contributed by atoms with Gasteiger partial charge in [0.15, 0.2) is 0 Å². The summed E-state index contributed by atoms with van der Waals surface area (Å²) in [6, 6.07) is 26.2. The number of ether oxygens (including phenoxy) is 1. The summed E-state index contributed by atoms with van der Waals surface area (Å²) in [5.41, 5.74) is 5.00. The molecule has 3 aromatic carbocycles. The predicted octanol–water partition coefficient (Wildman–Crippen LogP) is 6.51. The Morgan fingerprint density at radius 1 is 0.938 bits per heavy atom. The van der Waals surface area contributed by atoms with Crippen molar-refractivity contribution in [2.24, 2.45) is 16.3 Å². The SMILES string of the molecule is CC1(C)CC(=O)C2C(=Nc3ccccc3N[C@@H]2c2ccc(OCc3ccccc3)cc2)C1. The van der Waals surface area contributed by atoms with Gasteiger partial charge in [-0.15, -0.1) is 0 Å². The number of nitrogens with one attached hydrogen (secondary N) is 1. The van der Waals surface area contributed by atoms with Crippen molar-refractivity contribution in [3.8, 4) is 5.75 Å². The van der Waals surface area contributed by atoms with E-state index in [1.54, 1.807) is 0 Å². The maximum atomic E-state index is 13.3. The van der Waals surface area contributed by atoms with E-state index < -0.39 is 0 Å². The third-order valence-corrected chi connectivity index (χ3v) is 6.32. The number of nitrogens with zero attached hydrogens (tertiary/aromatic N) is 1. The average Bonchev–Trinajstić information content (AvgIpc) is 2.94. The van der Waals surface area contributed by atoms with E-state index in [1.807, 2.05) is 54.6 Å². The topological polar surface area (TPSA) is 50.7 Å². The van der Waals surface area contributed by atoms with Gasteiger partial charge in [-0.2, -0.15) is 0 Å². The Bertz CT molecular complexity index is 1150. The molecule has 2 aliphatic rings. The van der Waals surface area contributed by atoms with Crippen LogP contribution in [0.15, 0.2) is 83.9 Å². The van der Waals surface area contributed by atoms with Crippen LogP contribution in [0.2, 0.25) is 0 Å². The summed E-state index contributed by atoms with van der Waals surface area (Å²) in [5.74, 6) is 0.817. The number of benzene rings is 3. The zero-order valence-electron chi connectivity index (χ0n) is 18.5. The average molecular weight is 425 g/mol. The van der Waals surface area contributed by atoms with E-state index in [0.717, 1.165) is 40.4 Å². The molecule has 1 N–H and O–H groups in total. The van der Waals surface area contributed by atoms with Crippen molar-refractivity contribution < 1.29 is 9.53 Å². The zero-order valence-corrected chi connectivity index (χ0v) is 18.5. The number of carbonyl (C=O) groups excluding carboxylic acids is 1. The lowest BCUT2D eigenvalue weighted by Crippen LogP contribution is -2.42. The highest BCUT2D eigenvalue weighted by Gasteiger charge is 2.43. The normalized spacial score (nSPS) is 21.4. The molecule has 1 saturated carbocycles. The van der Waals surface area contributed by atoms with Crippen molar-refractivity contribution in [2.75, 3.05) is 5.32 Å². The lowest BCUT2D eigenvalue weighted by molar-refractivity contribution is -0.124. The first-order valence-electron chi connectivity index (χ1n) is 11.2. The minimum atomic E-state index is -0.258. The molecule has 0 bridgehead atoms. The first-order chi connectivity index (χ1) is 15.5. The summed E-state index contributed by atoms with van der Waals surface area (Å²) in [6.45, 7) is 4.84. The van der Waals surface area contributed by atoms with E-state index in [9.17, 15) is 4.79 Å². The van der Waals surface area contributed by atoms with Crippen LogP contribution in [0.25, 0.3) is 0 Å². The molecule has 3 aromatic rings. The monoisotopic (exact) mass is 424 g/mol. The molecule has 32 heavy (non-hydrogen) atoms. The molecule has 1 aliphatic heterocycles. The fourth-order valence-corrected chi connectivity index (χ4v) is 4.80. The van der Waals surface area contributed by atoms with Crippen LogP contribution in [0.3, 0.4) is 0 Å². The minimum Gasteiger partial charge on any atom is -0.489 e. The molecule has 1 heterocycles. The van der Waals surface area contributed by atoms with E-state index in [4.69, 9.17) is 9.73 Å². The zero-order chi connectivity index (χ0) is 22.1. The molecule has 0 aromatic heterocycles. The maximum Gasteiger partial charge on any atom is 0.144 e. The first-order valence-corrected chi connectivity index (χ1v) is 11.2. The molecule has 0 spiro atoms. The minimum absolute atomic E-state index is 0.0641. The number of ketones is 1. The van der Waals surface area contributed by atoms with Gasteiger partial charge in [0.25, 0.3) is 0 Å². The Balaban J connectivity index is 1.44. The molecule has 0 radical (unpaired) electrons. The molecule has 4 nitrogen and oxygen atoms in total. The van der Waals surface area contributed by atoms with Crippen molar-refractivity contribution in [1.29, 1.82) is 0 Å². The number of hydrogen-bond acceptors (Lipinski definition) is 4. The largest absolute Gasteiger partial charge is 0.489 e. The van der Waals surface area contributed by atoms with Gasteiger partial charge >= 0.3 is 0 Å². The van der Waals surface area contributed by atoms with Crippen molar-refractivity contribution in [2.45, 2.75) is 39.3 Å². The van der Waals surface area contributed by atoms with E-state index in [1.165, 1.54) is 0 Å². The van der Waals surface area contributed by atoms with Gasteiger partial charge < -0.3 is 10.1 Å². The highest BCUT2D eigenvalue weighted by Crippen LogP contribution is 2.45. The summed E-state index contributed by atoms with van der Waals surface area (Å²) in [4.78, 5) is 18.3. The lowest BCUT2D eigenvalue weighted by atomic mass is 9.68. The van der Waals surface area contributed by atoms with Gasteiger partial charge in [-0.1, -0.05) is 68.4 Å². The van der Waals surface area contributed by atoms with Crippen LogP contribution in [-0.2, 0) is 11.4 Å². The van der Waals surface area contributed by atoms with Crippen molar-refractivity contribution in [1.82, 2.24) is 0 Å². The van der Waals surface area contributed by atoms with Crippen molar-refractivity contribution >= 4 is 22.9 Å². The lowest BCUT2D eigenvalue weighted by Gasteiger charge is -2.37. The number of rotatable bonds is 4. The molecule has 4 heteroatoms. The number of fused-ring (bicyclic) bond motifs is 2. The van der Waals surface area contributed by atoms with Crippen LogP contribution >= 0.6 is 0 Å². The summed E-state index contributed by atoms with van der Waals surface area (Å²) in [7, 11) is 0. The number of hydrogen-bond donors (Lipinski definition) is 1. The Hall–Kier alpha value is -3.40. The van der Waals surface area contributed by atoms with Crippen LogP contribution in [0.4, 0.5) is 11.4 Å². The summed E-state index contributed by atoms with van der Waals surface area (Å²) < 4.78 is 5.96. The Labute approximate surface area is 189 Å². The number of aliphatic imine (C=N–C) groups is 1. The standard InChI is InChI=1S/C28H28N2O2/c1-28(2)16-24-26(25(31)17-28)27(30-23-11-7-6-10-22(23)29-24)20-12-14-21(15-13-20)32-18-19-8-4-3-5-9-19/h3-15,26-27,30H,16-18H2,1-2H3/t26?,27-/m1/s1. The number of para-hydroxylation sites is 2. The number of carbonyl (C=O) groups is 1. The molecule has 1 aliphatic carbocycles. The molecule has 2 atom stereocenters.